The van der Waals surface area contributed by atoms with E-state index in [2.05, 4.69) is 45.6 Å². The molecule has 0 amide bonds. The van der Waals surface area contributed by atoms with Crippen LogP contribution in [0.15, 0.2) is 18.2 Å². The SMILES string of the molecule is CC1=CC(C)(C)N(C(C)C)c2cc(Cl)c(C=O)cc21. The number of benzene rings is 1. The second kappa shape index (κ2) is 4.68. The van der Waals surface area contributed by atoms with Crippen LogP contribution in [0.4, 0.5) is 5.69 Å². The van der Waals surface area contributed by atoms with Crippen molar-refractivity contribution in [2.24, 2.45) is 0 Å². The summed E-state index contributed by atoms with van der Waals surface area (Å²) in [6.07, 6.45) is 3.06. The van der Waals surface area contributed by atoms with Crippen molar-refractivity contribution in [2.75, 3.05) is 4.90 Å². The number of rotatable bonds is 2. The molecule has 0 atom stereocenters. The number of allylic oxidation sites excluding steroid dienone is 1. The second-order valence-electron chi connectivity index (χ2n) is 5.95. The fourth-order valence-electron chi connectivity index (χ4n) is 3.12. The van der Waals surface area contributed by atoms with Gasteiger partial charge in [0.05, 0.1) is 10.6 Å². The molecule has 2 nitrogen and oxygen atoms in total. The van der Waals surface area contributed by atoms with E-state index in [4.69, 9.17) is 11.6 Å². The molecular formula is C16H20ClNO. The third kappa shape index (κ3) is 2.30. The van der Waals surface area contributed by atoms with E-state index in [0.29, 0.717) is 16.6 Å². The number of fused-ring (bicyclic) bond motifs is 1. The van der Waals surface area contributed by atoms with E-state index in [0.717, 1.165) is 17.5 Å². The first-order valence-electron chi connectivity index (χ1n) is 6.56. The molecule has 1 heterocycles. The van der Waals surface area contributed by atoms with Gasteiger partial charge in [-0.3, -0.25) is 4.79 Å². The fraction of sp³-hybridized carbons (Fsp3) is 0.438. The Labute approximate surface area is 120 Å². The molecule has 19 heavy (non-hydrogen) atoms. The number of halogens is 1. The lowest BCUT2D eigenvalue weighted by Crippen LogP contribution is -2.49. The fourth-order valence-corrected chi connectivity index (χ4v) is 3.32. The summed E-state index contributed by atoms with van der Waals surface area (Å²) >= 11 is 6.19. The highest BCUT2D eigenvalue weighted by atomic mass is 35.5. The highest BCUT2D eigenvalue weighted by Gasteiger charge is 2.33. The predicted octanol–water partition coefficient (Wildman–Crippen LogP) is 4.56. The van der Waals surface area contributed by atoms with Gasteiger partial charge in [-0.25, -0.2) is 0 Å². The van der Waals surface area contributed by atoms with Crippen LogP contribution in [0.1, 0.15) is 50.5 Å². The second-order valence-corrected chi connectivity index (χ2v) is 6.36. The number of aldehydes is 1. The number of hydrogen-bond acceptors (Lipinski definition) is 2. The normalized spacial score (nSPS) is 17.2. The van der Waals surface area contributed by atoms with Crippen molar-refractivity contribution < 1.29 is 4.79 Å². The van der Waals surface area contributed by atoms with Crippen LogP contribution in [0.25, 0.3) is 5.57 Å². The summed E-state index contributed by atoms with van der Waals surface area (Å²) in [7, 11) is 0. The molecule has 0 spiro atoms. The lowest BCUT2D eigenvalue weighted by Gasteiger charge is -2.46. The highest BCUT2D eigenvalue weighted by Crippen LogP contribution is 2.42. The van der Waals surface area contributed by atoms with Gasteiger partial charge in [-0.15, -0.1) is 0 Å². The van der Waals surface area contributed by atoms with Crippen molar-refractivity contribution in [3.05, 3.63) is 34.4 Å². The van der Waals surface area contributed by atoms with Crippen LogP contribution >= 0.6 is 11.6 Å². The van der Waals surface area contributed by atoms with Crippen LogP contribution in [0, 0.1) is 0 Å². The third-order valence-corrected chi connectivity index (χ3v) is 3.96. The lowest BCUT2D eigenvalue weighted by atomic mass is 9.87. The van der Waals surface area contributed by atoms with Gasteiger partial charge in [0.2, 0.25) is 0 Å². The van der Waals surface area contributed by atoms with Gasteiger partial charge in [-0.05, 0) is 52.3 Å². The Balaban J connectivity index is 2.72. The van der Waals surface area contributed by atoms with Crippen molar-refractivity contribution in [3.63, 3.8) is 0 Å². The first-order chi connectivity index (χ1) is 8.77. The first-order valence-corrected chi connectivity index (χ1v) is 6.93. The monoisotopic (exact) mass is 277 g/mol. The molecule has 0 bridgehead atoms. The Hall–Kier alpha value is -1.28. The molecule has 2 rings (SSSR count). The molecular weight excluding hydrogens is 258 g/mol. The van der Waals surface area contributed by atoms with E-state index in [1.54, 1.807) is 0 Å². The van der Waals surface area contributed by atoms with Gasteiger partial charge in [0.1, 0.15) is 0 Å². The van der Waals surface area contributed by atoms with E-state index in [9.17, 15) is 4.79 Å². The van der Waals surface area contributed by atoms with Gasteiger partial charge in [0.25, 0.3) is 0 Å². The molecule has 1 aliphatic rings. The standard InChI is InChI=1S/C16H20ClNO/c1-10(2)18-15-7-14(17)12(9-19)6-13(15)11(3)8-16(18,4)5/h6-10H,1-5H3. The maximum absolute atomic E-state index is 11.0. The van der Waals surface area contributed by atoms with Crippen LogP contribution in [0.5, 0.6) is 0 Å². The minimum Gasteiger partial charge on any atom is -0.360 e. The summed E-state index contributed by atoms with van der Waals surface area (Å²) in [5.74, 6) is 0. The maximum atomic E-state index is 11.0. The average Bonchev–Trinajstić information content (AvgIpc) is 2.26. The first kappa shape index (κ1) is 14.1. The maximum Gasteiger partial charge on any atom is 0.151 e. The Kier molecular flexibility index (Phi) is 3.48. The van der Waals surface area contributed by atoms with E-state index < -0.39 is 0 Å². The van der Waals surface area contributed by atoms with E-state index in [1.165, 1.54) is 5.57 Å². The molecule has 0 radical (unpaired) electrons. The van der Waals surface area contributed by atoms with Crippen LogP contribution in [0.2, 0.25) is 5.02 Å². The number of carbonyl (C=O) groups is 1. The largest absolute Gasteiger partial charge is 0.360 e. The summed E-state index contributed by atoms with van der Waals surface area (Å²) in [4.78, 5) is 13.4. The number of carbonyl (C=O) groups excluding carboxylic acids is 1. The van der Waals surface area contributed by atoms with Crippen molar-refractivity contribution in [3.8, 4) is 0 Å². The van der Waals surface area contributed by atoms with Gasteiger partial charge in [-0.2, -0.15) is 0 Å². The minimum atomic E-state index is -0.0583. The number of anilines is 1. The molecule has 0 aromatic heterocycles. The molecule has 0 fully saturated rings. The molecule has 1 aliphatic heterocycles. The van der Waals surface area contributed by atoms with Crippen LogP contribution in [-0.2, 0) is 0 Å². The lowest BCUT2D eigenvalue weighted by molar-refractivity contribution is 0.112. The molecule has 1 aromatic rings. The summed E-state index contributed by atoms with van der Waals surface area (Å²) in [5.41, 5.74) is 3.89. The Morgan fingerprint density at radius 2 is 1.95 bits per heavy atom. The zero-order valence-corrected chi connectivity index (χ0v) is 12.9. The molecule has 0 unspecified atom stereocenters. The predicted molar refractivity (Wildman–Crippen MR) is 82.2 cm³/mol. The molecule has 0 aliphatic carbocycles. The van der Waals surface area contributed by atoms with Gasteiger partial charge in [-0.1, -0.05) is 17.7 Å². The zero-order chi connectivity index (χ0) is 14.4. The van der Waals surface area contributed by atoms with Crippen molar-refractivity contribution in [1.29, 1.82) is 0 Å². The van der Waals surface area contributed by atoms with Crippen molar-refractivity contribution in [1.82, 2.24) is 0 Å². The van der Waals surface area contributed by atoms with Crippen LogP contribution < -0.4 is 4.90 Å². The average molecular weight is 278 g/mol. The number of hydrogen-bond donors (Lipinski definition) is 0. The molecule has 102 valence electrons. The van der Waals surface area contributed by atoms with Crippen LogP contribution in [-0.4, -0.2) is 17.9 Å². The zero-order valence-electron chi connectivity index (χ0n) is 12.1. The topological polar surface area (TPSA) is 20.3 Å². The summed E-state index contributed by atoms with van der Waals surface area (Å²) in [6.45, 7) is 10.8. The third-order valence-electron chi connectivity index (χ3n) is 3.63. The van der Waals surface area contributed by atoms with Crippen LogP contribution in [0.3, 0.4) is 0 Å². The van der Waals surface area contributed by atoms with Gasteiger partial charge >= 0.3 is 0 Å². The summed E-state index contributed by atoms with van der Waals surface area (Å²) < 4.78 is 0. The van der Waals surface area contributed by atoms with Gasteiger partial charge < -0.3 is 4.90 Å². The Morgan fingerprint density at radius 1 is 1.32 bits per heavy atom. The van der Waals surface area contributed by atoms with Crippen molar-refractivity contribution >= 4 is 29.1 Å². The summed E-state index contributed by atoms with van der Waals surface area (Å²) in [6, 6.07) is 4.16. The molecule has 1 aromatic carbocycles. The summed E-state index contributed by atoms with van der Waals surface area (Å²) in [5, 5.41) is 0.518. The van der Waals surface area contributed by atoms with Gasteiger partial charge in [0, 0.05) is 22.9 Å². The molecule has 0 N–H and O–H groups in total. The smallest absolute Gasteiger partial charge is 0.151 e. The number of nitrogens with zero attached hydrogens (tertiary/aromatic N) is 1. The van der Waals surface area contributed by atoms with E-state index in [-0.39, 0.29) is 5.54 Å². The highest BCUT2D eigenvalue weighted by molar-refractivity contribution is 6.33. The molecule has 0 saturated carbocycles. The molecule has 3 heteroatoms. The Bertz CT molecular complexity index is 558. The van der Waals surface area contributed by atoms with Gasteiger partial charge in [0.15, 0.2) is 6.29 Å². The Morgan fingerprint density at radius 3 is 2.47 bits per heavy atom. The quantitative estimate of drug-likeness (QED) is 0.739. The minimum absolute atomic E-state index is 0.0583. The molecule has 0 saturated heterocycles. The van der Waals surface area contributed by atoms with E-state index >= 15 is 0 Å². The van der Waals surface area contributed by atoms with E-state index in [1.807, 2.05) is 12.1 Å². The van der Waals surface area contributed by atoms with Crippen molar-refractivity contribution in [2.45, 2.75) is 46.2 Å².